The molecular formula is C33H38F3NO2. The van der Waals surface area contributed by atoms with Crippen molar-refractivity contribution in [2.75, 3.05) is 13.1 Å². The number of likely N-dealkylation sites (tertiary alicyclic amines) is 1. The van der Waals surface area contributed by atoms with Crippen LogP contribution in [-0.2, 0) is 11.0 Å². The molecule has 39 heavy (non-hydrogen) atoms. The number of halogens is 3. The van der Waals surface area contributed by atoms with Crippen molar-refractivity contribution in [1.82, 2.24) is 4.90 Å². The third-order valence-electron chi connectivity index (χ3n) is 7.96. The molecule has 0 aromatic heterocycles. The van der Waals surface area contributed by atoms with Crippen LogP contribution in [0.2, 0.25) is 0 Å². The Labute approximate surface area is 229 Å². The number of aliphatic carboxylic acids is 1. The summed E-state index contributed by atoms with van der Waals surface area (Å²) < 4.78 is 39.2. The number of carboxylic acids is 1. The summed E-state index contributed by atoms with van der Waals surface area (Å²) in [5, 5.41) is 10.1. The van der Waals surface area contributed by atoms with E-state index in [4.69, 9.17) is 0 Å². The van der Waals surface area contributed by atoms with Gasteiger partial charge in [0, 0.05) is 12.6 Å². The molecule has 1 aliphatic rings. The number of carbonyl (C=O) groups is 1. The van der Waals surface area contributed by atoms with Gasteiger partial charge in [-0.05, 0) is 91.4 Å². The van der Waals surface area contributed by atoms with E-state index in [1.807, 2.05) is 33.8 Å². The molecule has 1 N–H and O–H groups in total. The molecule has 0 spiro atoms. The van der Waals surface area contributed by atoms with Crippen LogP contribution in [0, 0.1) is 12.8 Å². The molecule has 1 heterocycles. The predicted octanol–water partition coefficient (Wildman–Crippen LogP) is 8.84. The zero-order valence-electron chi connectivity index (χ0n) is 23.1. The van der Waals surface area contributed by atoms with Gasteiger partial charge in [0.05, 0.1) is 11.5 Å². The monoisotopic (exact) mass is 537 g/mol. The first-order chi connectivity index (χ1) is 18.4. The maximum Gasteiger partial charge on any atom is 0.416 e. The molecule has 6 heteroatoms. The number of alkyl halides is 3. The molecule has 3 aromatic rings. The Bertz CT molecular complexity index is 1270. The summed E-state index contributed by atoms with van der Waals surface area (Å²) in [7, 11) is 0. The van der Waals surface area contributed by atoms with Crippen molar-refractivity contribution in [2.45, 2.75) is 71.0 Å². The summed E-state index contributed by atoms with van der Waals surface area (Å²) in [4.78, 5) is 14.7. The first kappa shape index (κ1) is 28.9. The molecule has 1 aliphatic heterocycles. The summed E-state index contributed by atoms with van der Waals surface area (Å²) in [6, 6.07) is 20.0. The highest BCUT2D eigenvalue weighted by Gasteiger charge is 2.31. The van der Waals surface area contributed by atoms with Crippen molar-refractivity contribution in [3.05, 3.63) is 94.5 Å². The molecule has 1 saturated heterocycles. The molecule has 1 fully saturated rings. The maximum absolute atomic E-state index is 13.1. The Morgan fingerprint density at radius 2 is 1.62 bits per heavy atom. The van der Waals surface area contributed by atoms with Gasteiger partial charge in [-0.15, -0.1) is 0 Å². The molecule has 3 atom stereocenters. The Morgan fingerprint density at radius 3 is 2.21 bits per heavy atom. The van der Waals surface area contributed by atoms with E-state index in [1.165, 1.54) is 5.56 Å². The lowest BCUT2D eigenvalue weighted by atomic mass is 9.82. The lowest BCUT2D eigenvalue weighted by molar-refractivity contribution is -0.139. The number of piperidine rings is 1. The van der Waals surface area contributed by atoms with E-state index in [0.717, 1.165) is 65.9 Å². The van der Waals surface area contributed by atoms with Gasteiger partial charge >= 0.3 is 12.1 Å². The van der Waals surface area contributed by atoms with Gasteiger partial charge in [0.25, 0.3) is 0 Å². The Hall–Kier alpha value is -3.12. The molecule has 0 amide bonds. The van der Waals surface area contributed by atoms with E-state index in [-0.39, 0.29) is 17.9 Å². The van der Waals surface area contributed by atoms with Crippen molar-refractivity contribution in [1.29, 1.82) is 0 Å². The van der Waals surface area contributed by atoms with E-state index in [0.29, 0.717) is 6.42 Å². The van der Waals surface area contributed by atoms with Crippen LogP contribution in [0.25, 0.3) is 11.1 Å². The smallest absolute Gasteiger partial charge is 0.416 e. The minimum atomic E-state index is -4.35. The van der Waals surface area contributed by atoms with Crippen LogP contribution in [0.4, 0.5) is 13.2 Å². The fourth-order valence-corrected chi connectivity index (χ4v) is 5.67. The average molecular weight is 538 g/mol. The third kappa shape index (κ3) is 7.10. The zero-order valence-corrected chi connectivity index (χ0v) is 23.1. The third-order valence-corrected chi connectivity index (χ3v) is 7.96. The second-order valence-electron chi connectivity index (χ2n) is 11.4. The summed E-state index contributed by atoms with van der Waals surface area (Å²) in [6.07, 6.45) is -1.83. The summed E-state index contributed by atoms with van der Waals surface area (Å²) in [6.45, 7) is 9.81. The minimum absolute atomic E-state index is 0.0254. The Balaban J connectivity index is 1.66. The van der Waals surface area contributed by atoms with E-state index >= 15 is 0 Å². The van der Waals surface area contributed by atoms with Gasteiger partial charge in [0.15, 0.2) is 0 Å². The Kier molecular flexibility index (Phi) is 8.85. The first-order valence-electron chi connectivity index (χ1n) is 13.8. The lowest BCUT2D eigenvalue weighted by Crippen LogP contribution is -2.36. The first-order valence-corrected chi connectivity index (χ1v) is 13.8. The molecule has 2 unspecified atom stereocenters. The number of aryl methyl sites for hydroxylation is 1. The molecule has 0 saturated carbocycles. The van der Waals surface area contributed by atoms with Gasteiger partial charge in [0.1, 0.15) is 0 Å². The molecule has 3 aromatic carbocycles. The van der Waals surface area contributed by atoms with Gasteiger partial charge in [-0.1, -0.05) is 74.0 Å². The lowest BCUT2D eigenvalue weighted by Gasteiger charge is -2.37. The Morgan fingerprint density at radius 1 is 0.949 bits per heavy atom. The molecule has 4 rings (SSSR count). The highest BCUT2D eigenvalue weighted by Crippen LogP contribution is 2.38. The quantitative estimate of drug-likeness (QED) is 0.312. The fourth-order valence-electron chi connectivity index (χ4n) is 5.67. The number of rotatable bonds is 8. The standard InChI is InChI=1S/C33H38F3NO2/c1-21(2)16-31(32(38)39)29-18-27(25-9-7-22(3)8-10-25)17-28(19-29)26-6-5-15-37(20-26)23(4)24-11-13-30(14-12-24)33(34,35)36/h7-14,17-19,21,23,26,31H,5-6,15-16,20H2,1-4H3,(H,38,39)/t23?,26?,31-/m0/s1. The number of hydrogen-bond donors (Lipinski definition) is 1. The van der Waals surface area contributed by atoms with Crippen LogP contribution < -0.4 is 0 Å². The zero-order chi connectivity index (χ0) is 28.3. The van der Waals surface area contributed by atoms with Gasteiger partial charge in [-0.25, -0.2) is 0 Å². The van der Waals surface area contributed by atoms with Crippen LogP contribution in [-0.4, -0.2) is 29.1 Å². The number of hydrogen-bond acceptors (Lipinski definition) is 2. The van der Waals surface area contributed by atoms with Crippen LogP contribution in [0.5, 0.6) is 0 Å². The van der Waals surface area contributed by atoms with E-state index in [1.54, 1.807) is 12.1 Å². The number of benzene rings is 3. The summed E-state index contributed by atoms with van der Waals surface area (Å²) in [5.41, 5.74) is 5.43. The van der Waals surface area contributed by atoms with E-state index in [9.17, 15) is 23.1 Å². The second kappa shape index (κ2) is 12.0. The summed E-state index contributed by atoms with van der Waals surface area (Å²) in [5.74, 6) is -0.947. The molecule has 208 valence electrons. The van der Waals surface area contributed by atoms with Crippen molar-refractivity contribution >= 4 is 5.97 Å². The van der Waals surface area contributed by atoms with Crippen LogP contribution in [0.15, 0.2) is 66.7 Å². The van der Waals surface area contributed by atoms with Gasteiger partial charge in [-0.3, -0.25) is 9.69 Å². The molecular weight excluding hydrogens is 499 g/mol. The van der Waals surface area contributed by atoms with Crippen molar-refractivity contribution in [2.24, 2.45) is 5.92 Å². The highest BCUT2D eigenvalue weighted by atomic mass is 19.4. The normalized spacial score (nSPS) is 18.2. The molecule has 0 bridgehead atoms. The van der Waals surface area contributed by atoms with E-state index in [2.05, 4.69) is 41.3 Å². The molecule has 0 radical (unpaired) electrons. The van der Waals surface area contributed by atoms with E-state index < -0.39 is 23.6 Å². The van der Waals surface area contributed by atoms with Crippen molar-refractivity contribution in [3.8, 4) is 11.1 Å². The largest absolute Gasteiger partial charge is 0.481 e. The SMILES string of the molecule is Cc1ccc(-c2cc(C3CCCN(C(C)c4ccc(C(F)(F)F)cc4)C3)cc([C@H](CC(C)C)C(=O)O)c2)cc1. The van der Waals surface area contributed by atoms with Crippen molar-refractivity contribution in [3.63, 3.8) is 0 Å². The summed E-state index contributed by atoms with van der Waals surface area (Å²) >= 11 is 0. The highest BCUT2D eigenvalue weighted by molar-refractivity contribution is 5.77. The number of nitrogens with zero attached hydrogens (tertiary/aromatic N) is 1. The predicted molar refractivity (Wildman–Crippen MR) is 150 cm³/mol. The van der Waals surface area contributed by atoms with Crippen LogP contribution >= 0.6 is 0 Å². The minimum Gasteiger partial charge on any atom is -0.481 e. The average Bonchev–Trinajstić information content (AvgIpc) is 2.91. The van der Waals surface area contributed by atoms with Gasteiger partial charge in [0.2, 0.25) is 0 Å². The fraction of sp³-hybridized carbons (Fsp3) is 0.424. The van der Waals surface area contributed by atoms with Gasteiger partial charge < -0.3 is 5.11 Å². The van der Waals surface area contributed by atoms with Crippen molar-refractivity contribution < 1.29 is 23.1 Å². The van der Waals surface area contributed by atoms with Crippen LogP contribution in [0.1, 0.15) is 85.7 Å². The maximum atomic E-state index is 13.1. The second-order valence-corrected chi connectivity index (χ2v) is 11.4. The van der Waals surface area contributed by atoms with Crippen LogP contribution in [0.3, 0.4) is 0 Å². The molecule has 3 nitrogen and oxygen atoms in total. The van der Waals surface area contributed by atoms with Gasteiger partial charge in [-0.2, -0.15) is 13.2 Å². The molecule has 0 aliphatic carbocycles. The topological polar surface area (TPSA) is 40.5 Å². The number of carboxylic acid groups (broad SMARTS) is 1.